The van der Waals surface area contributed by atoms with Crippen molar-refractivity contribution in [2.45, 2.75) is 137 Å². The number of aryl methyl sites for hydroxylation is 2. The van der Waals surface area contributed by atoms with Crippen LogP contribution in [-0.4, -0.2) is 10.2 Å². The van der Waals surface area contributed by atoms with Crippen LogP contribution in [0.4, 0.5) is 0 Å². The highest BCUT2D eigenvalue weighted by atomic mass is 16.3. The van der Waals surface area contributed by atoms with Crippen molar-refractivity contribution in [2.24, 2.45) is 0 Å². The highest BCUT2D eigenvalue weighted by Gasteiger charge is 2.18. The average molecular weight is 481 g/mol. The maximum Gasteiger partial charge on any atom is 0.122 e. The van der Waals surface area contributed by atoms with Gasteiger partial charge in [-0.15, -0.1) is 0 Å². The largest absolute Gasteiger partial charge is 0.507 e. The number of hydrogen-bond acceptors (Lipinski definition) is 2. The second-order valence-corrected chi connectivity index (χ2v) is 10.8. The molecule has 0 spiro atoms. The highest BCUT2D eigenvalue weighted by molar-refractivity contribution is 5.50. The van der Waals surface area contributed by atoms with Gasteiger partial charge in [0.1, 0.15) is 11.5 Å². The van der Waals surface area contributed by atoms with E-state index in [1.807, 2.05) is 0 Å². The molecule has 2 unspecified atom stereocenters. The molecule has 2 atom stereocenters. The predicted octanol–water partition coefficient (Wildman–Crippen LogP) is 9.96. The van der Waals surface area contributed by atoms with E-state index in [1.165, 1.54) is 49.7 Å². The van der Waals surface area contributed by atoms with E-state index >= 15 is 0 Å². The quantitative estimate of drug-likeness (QED) is 0.235. The van der Waals surface area contributed by atoms with E-state index in [0.29, 0.717) is 23.3 Å². The molecule has 0 aliphatic carbocycles. The molecule has 0 fully saturated rings. The van der Waals surface area contributed by atoms with Crippen LogP contribution in [0.3, 0.4) is 0 Å². The topological polar surface area (TPSA) is 40.5 Å². The van der Waals surface area contributed by atoms with Crippen LogP contribution in [0.25, 0.3) is 0 Å². The predicted molar refractivity (Wildman–Crippen MR) is 152 cm³/mol. The van der Waals surface area contributed by atoms with Crippen LogP contribution >= 0.6 is 0 Å². The lowest BCUT2D eigenvalue weighted by molar-refractivity contribution is 0.452. The fraction of sp³-hybridized carbons (Fsp3) is 0.636. The first-order chi connectivity index (χ1) is 16.9. The maximum absolute atomic E-state index is 11.1. The number of aromatic hydroxyl groups is 2. The Bertz CT molecular complexity index is 825. The number of rotatable bonds is 16. The molecule has 196 valence electrons. The van der Waals surface area contributed by atoms with Gasteiger partial charge in [0.25, 0.3) is 0 Å². The SMILES string of the molecule is CCCCCCc1cc(Cc2cc(CCCCCC)c(O)c(C(C)CC)c2)cc(C(C)CC)c1O. The lowest BCUT2D eigenvalue weighted by atomic mass is 9.87. The van der Waals surface area contributed by atoms with Crippen LogP contribution in [0.5, 0.6) is 11.5 Å². The Labute approximate surface area is 216 Å². The van der Waals surface area contributed by atoms with Gasteiger partial charge in [-0.2, -0.15) is 0 Å². The summed E-state index contributed by atoms with van der Waals surface area (Å²) in [7, 11) is 0. The molecule has 0 amide bonds. The van der Waals surface area contributed by atoms with Crippen LogP contribution in [0, 0.1) is 0 Å². The second kappa shape index (κ2) is 15.2. The van der Waals surface area contributed by atoms with Gasteiger partial charge in [0.15, 0.2) is 0 Å². The van der Waals surface area contributed by atoms with E-state index in [0.717, 1.165) is 67.2 Å². The Balaban J connectivity index is 2.41. The van der Waals surface area contributed by atoms with Gasteiger partial charge in [0.05, 0.1) is 0 Å². The Kier molecular flexibility index (Phi) is 12.7. The van der Waals surface area contributed by atoms with Gasteiger partial charge in [-0.05, 0) is 90.2 Å². The molecule has 0 aliphatic rings. The van der Waals surface area contributed by atoms with E-state index in [2.05, 4.69) is 65.8 Å². The van der Waals surface area contributed by atoms with Gasteiger partial charge in [0, 0.05) is 0 Å². The molecule has 0 bridgehead atoms. The molecule has 0 heterocycles. The van der Waals surface area contributed by atoms with Crippen LogP contribution in [0.1, 0.15) is 151 Å². The molecule has 35 heavy (non-hydrogen) atoms. The fourth-order valence-electron chi connectivity index (χ4n) is 5.07. The summed E-state index contributed by atoms with van der Waals surface area (Å²) in [5.74, 6) is 1.72. The average Bonchev–Trinajstić information content (AvgIpc) is 2.86. The Hall–Kier alpha value is -1.96. The molecular formula is C33H52O2. The van der Waals surface area contributed by atoms with Crippen molar-refractivity contribution in [1.82, 2.24) is 0 Å². The monoisotopic (exact) mass is 480 g/mol. The van der Waals surface area contributed by atoms with Crippen molar-refractivity contribution in [1.29, 1.82) is 0 Å². The minimum absolute atomic E-state index is 0.342. The van der Waals surface area contributed by atoms with Crippen LogP contribution < -0.4 is 0 Å². The van der Waals surface area contributed by atoms with Crippen molar-refractivity contribution in [3.63, 3.8) is 0 Å². The van der Waals surface area contributed by atoms with E-state index in [1.54, 1.807) is 0 Å². The van der Waals surface area contributed by atoms with Gasteiger partial charge in [-0.1, -0.05) is 104 Å². The smallest absolute Gasteiger partial charge is 0.122 e. The lowest BCUT2D eigenvalue weighted by Crippen LogP contribution is -2.02. The van der Waals surface area contributed by atoms with Gasteiger partial charge in [-0.25, -0.2) is 0 Å². The summed E-state index contributed by atoms with van der Waals surface area (Å²) in [6, 6.07) is 8.94. The number of phenols is 2. The summed E-state index contributed by atoms with van der Waals surface area (Å²) < 4.78 is 0. The van der Waals surface area contributed by atoms with Crippen molar-refractivity contribution in [2.75, 3.05) is 0 Å². The summed E-state index contributed by atoms with van der Waals surface area (Å²) in [6.07, 6.45) is 14.4. The van der Waals surface area contributed by atoms with E-state index in [4.69, 9.17) is 0 Å². The third-order valence-corrected chi connectivity index (χ3v) is 7.85. The molecule has 0 radical (unpaired) electrons. The first-order valence-corrected chi connectivity index (χ1v) is 14.5. The highest BCUT2D eigenvalue weighted by Crippen LogP contribution is 2.37. The second-order valence-electron chi connectivity index (χ2n) is 10.8. The molecular weight excluding hydrogens is 428 g/mol. The molecule has 2 rings (SSSR count). The maximum atomic E-state index is 11.1. The molecule has 0 saturated carbocycles. The molecule has 2 N–H and O–H groups in total. The zero-order valence-electron chi connectivity index (χ0n) is 23.6. The number of hydrogen-bond donors (Lipinski definition) is 2. The molecule has 2 nitrogen and oxygen atoms in total. The fourth-order valence-corrected chi connectivity index (χ4v) is 5.07. The van der Waals surface area contributed by atoms with Gasteiger partial charge < -0.3 is 10.2 Å². The van der Waals surface area contributed by atoms with Gasteiger partial charge in [0.2, 0.25) is 0 Å². The van der Waals surface area contributed by atoms with Gasteiger partial charge >= 0.3 is 0 Å². The lowest BCUT2D eigenvalue weighted by Gasteiger charge is -2.19. The molecule has 2 heteroatoms. The van der Waals surface area contributed by atoms with Crippen LogP contribution in [0.15, 0.2) is 24.3 Å². The number of unbranched alkanes of at least 4 members (excludes halogenated alkanes) is 6. The number of benzene rings is 2. The summed E-state index contributed by atoms with van der Waals surface area (Å²) in [4.78, 5) is 0. The molecule has 0 aromatic heterocycles. The standard InChI is InChI=1S/C33H52O2/c1-7-11-13-15-17-28-20-26(22-30(32(28)34)24(5)9-3)19-27-21-29(18-16-14-12-8-2)33(35)31(23-27)25(6)10-4/h20-25,34-35H,7-19H2,1-6H3. The Morgan fingerprint density at radius 1 is 0.571 bits per heavy atom. The minimum atomic E-state index is 0.342. The summed E-state index contributed by atoms with van der Waals surface area (Å²) >= 11 is 0. The zero-order valence-corrected chi connectivity index (χ0v) is 23.6. The van der Waals surface area contributed by atoms with Crippen LogP contribution in [0.2, 0.25) is 0 Å². The molecule has 2 aromatic carbocycles. The Morgan fingerprint density at radius 3 is 1.31 bits per heavy atom. The van der Waals surface area contributed by atoms with Crippen LogP contribution in [-0.2, 0) is 19.3 Å². The van der Waals surface area contributed by atoms with Crippen molar-refractivity contribution in [3.8, 4) is 11.5 Å². The third kappa shape index (κ3) is 8.58. The van der Waals surface area contributed by atoms with E-state index < -0.39 is 0 Å². The third-order valence-electron chi connectivity index (χ3n) is 7.85. The normalized spacial score (nSPS) is 13.2. The molecule has 0 saturated heterocycles. The number of phenolic OH excluding ortho intramolecular Hbond substituents is 2. The molecule has 2 aromatic rings. The summed E-state index contributed by atoms with van der Waals surface area (Å²) in [5.41, 5.74) is 6.96. The first kappa shape index (κ1) is 29.3. The summed E-state index contributed by atoms with van der Waals surface area (Å²) in [6.45, 7) is 13.3. The van der Waals surface area contributed by atoms with Gasteiger partial charge in [-0.3, -0.25) is 0 Å². The van der Waals surface area contributed by atoms with Crippen molar-refractivity contribution in [3.05, 3.63) is 57.6 Å². The summed E-state index contributed by atoms with van der Waals surface area (Å²) in [5, 5.41) is 22.1. The van der Waals surface area contributed by atoms with E-state index in [9.17, 15) is 10.2 Å². The minimum Gasteiger partial charge on any atom is -0.507 e. The molecule has 0 aliphatic heterocycles. The Morgan fingerprint density at radius 2 is 0.971 bits per heavy atom. The van der Waals surface area contributed by atoms with E-state index in [-0.39, 0.29) is 0 Å². The van der Waals surface area contributed by atoms with Crippen molar-refractivity contribution < 1.29 is 10.2 Å². The zero-order chi connectivity index (χ0) is 25.8. The first-order valence-electron chi connectivity index (χ1n) is 14.5. The van der Waals surface area contributed by atoms with Crippen molar-refractivity contribution >= 4 is 0 Å².